The first-order chi connectivity index (χ1) is 10.7. The van der Waals surface area contributed by atoms with E-state index in [1.54, 1.807) is 0 Å². The highest BCUT2D eigenvalue weighted by Crippen LogP contribution is 2.28. The van der Waals surface area contributed by atoms with Crippen LogP contribution in [-0.2, 0) is 6.42 Å². The second-order valence-corrected chi connectivity index (χ2v) is 6.56. The number of hydrogen-bond donors (Lipinski definition) is 2. The van der Waals surface area contributed by atoms with Gasteiger partial charge in [0, 0.05) is 44.1 Å². The first kappa shape index (κ1) is 15.6. The lowest BCUT2D eigenvalue weighted by atomic mass is 10.0. The normalized spacial score (nSPS) is 18.9. The van der Waals surface area contributed by atoms with E-state index in [1.165, 1.54) is 43.6 Å². The topological polar surface area (TPSA) is 61.8 Å². The molecule has 0 bridgehead atoms. The minimum Gasteiger partial charge on any atom is -0.399 e. The molecule has 2 aliphatic rings. The summed E-state index contributed by atoms with van der Waals surface area (Å²) in [5.41, 5.74) is 9.52. The molecule has 0 saturated carbocycles. The molecule has 2 heterocycles. The average Bonchev–Trinajstić information content (AvgIpc) is 3.04. The number of hydrazine groups is 1. The van der Waals surface area contributed by atoms with E-state index in [0.717, 1.165) is 44.8 Å². The molecule has 122 valence electrons. The van der Waals surface area contributed by atoms with Gasteiger partial charge in [0.15, 0.2) is 0 Å². The van der Waals surface area contributed by atoms with Crippen LogP contribution in [0.1, 0.15) is 24.8 Å². The molecule has 0 amide bonds. The standard InChI is InChI=1S/C17H29N5/c18-16-6-5-15-4-3-9-21(17(15)14-16)11-13-22(19)12-10-20-7-1-2-8-20/h5-6,14H,1-4,7-13,18-19H2. The third-order valence-corrected chi connectivity index (χ3v) is 4.88. The zero-order valence-corrected chi connectivity index (χ0v) is 13.5. The summed E-state index contributed by atoms with van der Waals surface area (Å²) in [5.74, 6) is 6.17. The number of aryl methyl sites for hydroxylation is 1. The summed E-state index contributed by atoms with van der Waals surface area (Å²) in [5, 5.41) is 1.97. The number of hydrogen-bond acceptors (Lipinski definition) is 5. The average molecular weight is 303 g/mol. The van der Waals surface area contributed by atoms with E-state index in [9.17, 15) is 0 Å². The van der Waals surface area contributed by atoms with Crippen LogP contribution in [0.25, 0.3) is 0 Å². The fourth-order valence-corrected chi connectivity index (χ4v) is 3.54. The Morgan fingerprint density at radius 1 is 1.00 bits per heavy atom. The zero-order valence-electron chi connectivity index (χ0n) is 13.5. The maximum atomic E-state index is 6.17. The Morgan fingerprint density at radius 3 is 2.59 bits per heavy atom. The highest BCUT2D eigenvalue weighted by atomic mass is 15.4. The summed E-state index contributed by atoms with van der Waals surface area (Å²) in [6, 6.07) is 6.29. The molecule has 0 unspecified atom stereocenters. The zero-order chi connectivity index (χ0) is 15.4. The Labute approximate surface area is 133 Å². The molecular weight excluding hydrogens is 274 g/mol. The molecule has 0 atom stereocenters. The van der Waals surface area contributed by atoms with Crippen LogP contribution >= 0.6 is 0 Å². The summed E-state index contributed by atoms with van der Waals surface area (Å²) < 4.78 is 0. The number of nitrogens with two attached hydrogens (primary N) is 2. The van der Waals surface area contributed by atoms with Crippen molar-refractivity contribution < 1.29 is 0 Å². The van der Waals surface area contributed by atoms with Crippen molar-refractivity contribution in [3.05, 3.63) is 23.8 Å². The first-order valence-electron chi connectivity index (χ1n) is 8.58. The predicted molar refractivity (Wildman–Crippen MR) is 92.8 cm³/mol. The van der Waals surface area contributed by atoms with Gasteiger partial charge in [0.1, 0.15) is 0 Å². The number of benzene rings is 1. The third kappa shape index (κ3) is 3.91. The van der Waals surface area contributed by atoms with Crippen molar-refractivity contribution in [1.29, 1.82) is 0 Å². The van der Waals surface area contributed by atoms with Crippen molar-refractivity contribution in [3.63, 3.8) is 0 Å². The Kier molecular flexibility index (Phi) is 5.18. The van der Waals surface area contributed by atoms with Gasteiger partial charge in [-0.15, -0.1) is 0 Å². The summed E-state index contributed by atoms with van der Waals surface area (Å²) in [6.07, 6.45) is 5.07. The van der Waals surface area contributed by atoms with Crippen LogP contribution in [-0.4, -0.2) is 55.7 Å². The SMILES string of the molecule is Nc1ccc2c(c1)N(CCN(N)CCN1CCCC1)CCC2. The monoisotopic (exact) mass is 303 g/mol. The van der Waals surface area contributed by atoms with E-state index in [-0.39, 0.29) is 0 Å². The molecule has 4 N–H and O–H groups in total. The number of fused-ring (bicyclic) bond motifs is 1. The number of rotatable bonds is 6. The van der Waals surface area contributed by atoms with E-state index in [4.69, 9.17) is 11.6 Å². The maximum absolute atomic E-state index is 6.17. The molecule has 1 aromatic rings. The lowest BCUT2D eigenvalue weighted by Gasteiger charge is -2.33. The third-order valence-electron chi connectivity index (χ3n) is 4.88. The van der Waals surface area contributed by atoms with Crippen molar-refractivity contribution in [1.82, 2.24) is 9.91 Å². The summed E-state index contributed by atoms with van der Waals surface area (Å²) in [4.78, 5) is 4.95. The van der Waals surface area contributed by atoms with E-state index < -0.39 is 0 Å². The molecule has 3 rings (SSSR count). The minimum absolute atomic E-state index is 0.851. The molecule has 2 aliphatic heterocycles. The van der Waals surface area contributed by atoms with Crippen molar-refractivity contribution >= 4 is 11.4 Å². The lowest BCUT2D eigenvalue weighted by Crippen LogP contribution is -2.44. The van der Waals surface area contributed by atoms with Gasteiger partial charge in [-0.1, -0.05) is 6.07 Å². The van der Waals surface area contributed by atoms with Crippen LogP contribution in [0.3, 0.4) is 0 Å². The lowest BCUT2D eigenvalue weighted by molar-refractivity contribution is 0.232. The Morgan fingerprint density at radius 2 is 1.77 bits per heavy atom. The smallest absolute Gasteiger partial charge is 0.0419 e. The van der Waals surface area contributed by atoms with Gasteiger partial charge < -0.3 is 15.5 Å². The van der Waals surface area contributed by atoms with E-state index in [1.807, 2.05) is 11.1 Å². The Balaban J connectivity index is 1.48. The van der Waals surface area contributed by atoms with Gasteiger partial charge in [-0.05, 0) is 56.5 Å². The molecule has 5 nitrogen and oxygen atoms in total. The van der Waals surface area contributed by atoms with Gasteiger partial charge in [0.2, 0.25) is 0 Å². The molecule has 1 fully saturated rings. The van der Waals surface area contributed by atoms with Crippen LogP contribution in [0.5, 0.6) is 0 Å². The fourth-order valence-electron chi connectivity index (χ4n) is 3.54. The van der Waals surface area contributed by atoms with Gasteiger partial charge in [-0.3, -0.25) is 5.84 Å². The quantitative estimate of drug-likeness (QED) is 0.471. The molecule has 0 aliphatic carbocycles. The van der Waals surface area contributed by atoms with Gasteiger partial charge in [0.05, 0.1) is 0 Å². The van der Waals surface area contributed by atoms with Crippen molar-refractivity contribution in [3.8, 4) is 0 Å². The van der Waals surface area contributed by atoms with Crippen LogP contribution < -0.4 is 16.5 Å². The number of anilines is 2. The predicted octanol–water partition coefficient (Wildman–Crippen LogP) is 1.29. The van der Waals surface area contributed by atoms with Crippen LogP contribution in [0.15, 0.2) is 18.2 Å². The second-order valence-electron chi connectivity index (χ2n) is 6.56. The van der Waals surface area contributed by atoms with Gasteiger partial charge in [0.25, 0.3) is 0 Å². The Hall–Kier alpha value is -1.30. The maximum Gasteiger partial charge on any atom is 0.0419 e. The first-order valence-corrected chi connectivity index (χ1v) is 8.58. The van der Waals surface area contributed by atoms with Crippen LogP contribution in [0.4, 0.5) is 11.4 Å². The summed E-state index contributed by atoms with van der Waals surface area (Å²) >= 11 is 0. The summed E-state index contributed by atoms with van der Waals surface area (Å²) in [7, 11) is 0. The fraction of sp³-hybridized carbons (Fsp3) is 0.647. The van der Waals surface area contributed by atoms with Crippen LogP contribution in [0.2, 0.25) is 0 Å². The van der Waals surface area contributed by atoms with Crippen molar-refractivity contribution in [2.24, 2.45) is 5.84 Å². The van der Waals surface area contributed by atoms with Crippen LogP contribution in [0, 0.1) is 0 Å². The highest BCUT2D eigenvalue weighted by Gasteiger charge is 2.17. The molecule has 22 heavy (non-hydrogen) atoms. The number of nitrogen functional groups attached to an aromatic ring is 1. The minimum atomic E-state index is 0.851. The van der Waals surface area contributed by atoms with Gasteiger partial charge in [-0.25, -0.2) is 5.01 Å². The van der Waals surface area contributed by atoms with Gasteiger partial charge in [-0.2, -0.15) is 0 Å². The second kappa shape index (κ2) is 7.31. The molecule has 1 saturated heterocycles. The molecular formula is C17H29N5. The number of nitrogens with zero attached hydrogens (tertiary/aromatic N) is 3. The summed E-state index contributed by atoms with van der Waals surface area (Å²) in [6.45, 7) is 7.53. The van der Waals surface area contributed by atoms with E-state index >= 15 is 0 Å². The van der Waals surface area contributed by atoms with Crippen molar-refractivity contribution in [2.75, 3.05) is 56.4 Å². The molecule has 5 heteroatoms. The highest BCUT2D eigenvalue weighted by molar-refractivity contribution is 5.62. The van der Waals surface area contributed by atoms with E-state index in [0.29, 0.717) is 0 Å². The van der Waals surface area contributed by atoms with E-state index in [2.05, 4.69) is 21.9 Å². The Bertz CT molecular complexity index is 484. The van der Waals surface area contributed by atoms with Crippen molar-refractivity contribution in [2.45, 2.75) is 25.7 Å². The molecule has 0 radical (unpaired) electrons. The largest absolute Gasteiger partial charge is 0.399 e. The molecule has 1 aromatic carbocycles. The number of likely N-dealkylation sites (tertiary alicyclic amines) is 1. The molecule has 0 spiro atoms. The van der Waals surface area contributed by atoms with Gasteiger partial charge >= 0.3 is 0 Å². The molecule has 0 aromatic heterocycles.